The van der Waals surface area contributed by atoms with Crippen LogP contribution in [0.4, 0.5) is 0 Å². The second-order valence-corrected chi connectivity index (χ2v) is 6.28. The minimum Gasteiger partial charge on any atom is -0.492 e. The lowest BCUT2D eigenvalue weighted by Crippen LogP contribution is -2.46. The number of rotatable bonds is 6. The Balaban J connectivity index is 1.46. The molecule has 2 atom stereocenters. The van der Waals surface area contributed by atoms with Crippen LogP contribution < -0.4 is 10.5 Å². The van der Waals surface area contributed by atoms with Gasteiger partial charge in [0.05, 0.1) is 6.10 Å². The van der Waals surface area contributed by atoms with Crippen molar-refractivity contribution in [1.29, 1.82) is 0 Å². The molecular formula is C17H26N2O2. The number of ether oxygens (including phenoxy) is 1. The summed E-state index contributed by atoms with van der Waals surface area (Å²) in [5, 5.41) is 9.81. The Labute approximate surface area is 126 Å². The molecule has 3 N–H and O–H groups in total. The van der Waals surface area contributed by atoms with Gasteiger partial charge in [0, 0.05) is 18.6 Å². The van der Waals surface area contributed by atoms with Crippen LogP contribution in [0.25, 0.3) is 0 Å². The lowest BCUT2D eigenvalue weighted by atomic mass is 10.0. The van der Waals surface area contributed by atoms with Crippen LogP contribution in [0.15, 0.2) is 24.3 Å². The van der Waals surface area contributed by atoms with Gasteiger partial charge < -0.3 is 15.6 Å². The van der Waals surface area contributed by atoms with E-state index < -0.39 is 0 Å². The maximum Gasteiger partial charge on any atom is 0.119 e. The zero-order valence-electron chi connectivity index (χ0n) is 12.6. The summed E-state index contributed by atoms with van der Waals surface area (Å²) in [7, 11) is 0. The first kappa shape index (κ1) is 14.8. The molecule has 21 heavy (non-hydrogen) atoms. The minimum absolute atomic E-state index is 0.0882. The molecule has 2 bridgehead atoms. The zero-order chi connectivity index (χ0) is 14.7. The van der Waals surface area contributed by atoms with Gasteiger partial charge in [0.25, 0.3) is 0 Å². The van der Waals surface area contributed by atoms with Crippen molar-refractivity contribution in [2.24, 2.45) is 5.73 Å². The van der Waals surface area contributed by atoms with Crippen molar-refractivity contribution in [2.45, 2.75) is 50.3 Å². The van der Waals surface area contributed by atoms with E-state index in [9.17, 15) is 5.11 Å². The summed E-state index contributed by atoms with van der Waals surface area (Å²) in [5.41, 5.74) is 6.81. The van der Waals surface area contributed by atoms with Gasteiger partial charge in [-0.05, 0) is 56.3 Å². The number of nitrogens with zero attached hydrogens (tertiary/aromatic N) is 1. The minimum atomic E-state index is -0.0882. The first-order chi connectivity index (χ1) is 10.3. The van der Waals surface area contributed by atoms with Gasteiger partial charge in [-0.25, -0.2) is 0 Å². The Morgan fingerprint density at radius 3 is 2.43 bits per heavy atom. The summed E-state index contributed by atoms with van der Waals surface area (Å²) in [6.45, 7) is 2.37. The fourth-order valence-corrected chi connectivity index (χ4v) is 3.80. The van der Waals surface area contributed by atoms with Gasteiger partial charge in [-0.15, -0.1) is 0 Å². The average molecular weight is 290 g/mol. The molecule has 2 fully saturated rings. The highest BCUT2D eigenvalue weighted by atomic mass is 16.5. The van der Waals surface area contributed by atoms with Crippen molar-refractivity contribution in [2.75, 3.05) is 19.7 Å². The second-order valence-electron chi connectivity index (χ2n) is 6.28. The summed E-state index contributed by atoms with van der Waals surface area (Å²) in [4.78, 5) is 2.54. The second kappa shape index (κ2) is 6.77. The molecule has 0 aromatic heterocycles. The van der Waals surface area contributed by atoms with Crippen molar-refractivity contribution in [1.82, 2.24) is 4.90 Å². The van der Waals surface area contributed by atoms with Crippen LogP contribution in [-0.4, -0.2) is 47.9 Å². The first-order valence-electron chi connectivity index (χ1n) is 8.12. The summed E-state index contributed by atoms with van der Waals surface area (Å²) in [5.74, 6) is 0.931. The van der Waals surface area contributed by atoms with Crippen molar-refractivity contribution in [3.63, 3.8) is 0 Å². The molecule has 116 valence electrons. The van der Waals surface area contributed by atoms with Crippen LogP contribution in [0.2, 0.25) is 0 Å². The summed E-state index contributed by atoms with van der Waals surface area (Å²) in [6, 6.07) is 9.36. The number of piperidine rings is 1. The highest BCUT2D eigenvalue weighted by molar-refractivity contribution is 5.27. The molecule has 4 heteroatoms. The van der Waals surface area contributed by atoms with Gasteiger partial charge >= 0.3 is 0 Å². The van der Waals surface area contributed by atoms with E-state index >= 15 is 0 Å². The van der Waals surface area contributed by atoms with Crippen LogP contribution in [0, 0.1) is 0 Å². The molecule has 3 rings (SSSR count). The fourth-order valence-electron chi connectivity index (χ4n) is 3.80. The third-order valence-corrected chi connectivity index (χ3v) is 4.83. The Morgan fingerprint density at radius 1 is 1.14 bits per heavy atom. The van der Waals surface area contributed by atoms with Crippen LogP contribution in [-0.2, 0) is 6.42 Å². The van der Waals surface area contributed by atoms with E-state index in [2.05, 4.69) is 17.0 Å². The number of benzene rings is 1. The fraction of sp³-hybridized carbons (Fsp3) is 0.647. The number of hydrogen-bond acceptors (Lipinski definition) is 4. The topological polar surface area (TPSA) is 58.7 Å². The van der Waals surface area contributed by atoms with Crippen LogP contribution in [0.3, 0.4) is 0 Å². The van der Waals surface area contributed by atoms with Crippen molar-refractivity contribution in [3.8, 4) is 5.75 Å². The monoisotopic (exact) mass is 290 g/mol. The van der Waals surface area contributed by atoms with Crippen molar-refractivity contribution >= 4 is 0 Å². The van der Waals surface area contributed by atoms with E-state index in [1.54, 1.807) is 0 Å². The molecule has 2 aliphatic heterocycles. The summed E-state index contributed by atoms with van der Waals surface area (Å²) in [6.07, 6.45) is 5.16. The molecule has 0 spiro atoms. The van der Waals surface area contributed by atoms with Gasteiger partial charge in [-0.1, -0.05) is 12.1 Å². The van der Waals surface area contributed by atoms with Gasteiger partial charge in [-0.2, -0.15) is 0 Å². The van der Waals surface area contributed by atoms with Crippen LogP contribution in [0.1, 0.15) is 31.2 Å². The van der Waals surface area contributed by atoms with Gasteiger partial charge in [0.2, 0.25) is 0 Å². The zero-order valence-corrected chi connectivity index (χ0v) is 12.6. The average Bonchev–Trinajstić information content (AvgIpc) is 2.72. The number of aliphatic hydroxyl groups excluding tert-OH is 1. The van der Waals surface area contributed by atoms with E-state index in [0.29, 0.717) is 18.6 Å². The smallest absolute Gasteiger partial charge is 0.119 e. The largest absolute Gasteiger partial charge is 0.492 e. The number of hydrogen-bond donors (Lipinski definition) is 2. The highest BCUT2D eigenvalue weighted by Gasteiger charge is 2.39. The molecule has 2 heterocycles. The number of aliphatic hydroxyl groups is 1. The number of fused-ring (bicyclic) bond motifs is 2. The number of nitrogens with two attached hydrogens (primary N) is 1. The van der Waals surface area contributed by atoms with Crippen LogP contribution >= 0.6 is 0 Å². The maximum atomic E-state index is 9.81. The van der Waals surface area contributed by atoms with Gasteiger partial charge in [-0.3, -0.25) is 4.90 Å². The predicted molar refractivity (Wildman–Crippen MR) is 83.5 cm³/mol. The third kappa shape index (κ3) is 3.57. The maximum absolute atomic E-state index is 9.81. The predicted octanol–water partition coefficient (Wildman–Crippen LogP) is 1.55. The lowest BCUT2D eigenvalue weighted by molar-refractivity contribution is 0.0288. The van der Waals surface area contributed by atoms with Crippen molar-refractivity contribution in [3.05, 3.63) is 29.8 Å². The van der Waals surface area contributed by atoms with E-state index in [4.69, 9.17) is 10.5 Å². The Morgan fingerprint density at radius 2 is 1.81 bits per heavy atom. The summed E-state index contributed by atoms with van der Waals surface area (Å²) < 4.78 is 5.86. The quantitative estimate of drug-likeness (QED) is 0.834. The van der Waals surface area contributed by atoms with Crippen molar-refractivity contribution < 1.29 is 9.84 Å². The molecule has 2 aliphatic rings. The standard InChI is InChI=1S/C17H26N2O2/c18-8-7-13-1-5-17(6-2-13)21-10-9-19-14-3-4-15(19)12-16(20)11-14/h1-2,5-6,14-16,20H,3-4,7-12,18H2. The Hall–Kier alpha value is -1.10. The van der Waals surface area contributed by atoms with E-state index in [1.807, 2.05) is 12.1 Å². The van der Waals surface area contributed by atoms with E-state index in [0.717, 1.165) is 38.2 Å². The normalized spacial score (nSPS) is 28.8. The molecule has 2 saturated heterocycles. The van der Waals surface area contributed by atoms with Gasteiger partial charge in [0.15, 0.2) is 0 Å². The molecule has 0 radical (unpaired) electrons. The Kier molecular flexibility index (Phi) is 4.78. The SMILES string of the molecule is NCCc1ccc(OCCN2C3CCC2CC(O)C3)cc1. The first-order valence-corrected chi connectivity index (χ1v) is 8.12. The lowest BCUT2D eigenvalue weighted by Gasteiger charge is -2.36. The van der Waals surface area contributed by atoms with E-state index in [-0.39, 0.29) is 6.10 Å². The van der Waals surface area contributed by atoms with Gasteiger partial charge in [0.1, 0.15) is 12.4 Å². The summed E-state index contributed by atoms with van der Waals surface area (Å²) >= 11 is 0. The molecule has 0 amide bonds. The third-order valence-electron chi connectivity index (χ3n) is 4.83. The molecule has 4 nitrogen and oxygen atoms in total. The molecule has 0 saturated carbocycles. The van der Waals surface area contributed by atoms with Crippen LogP contribution in [0.5, 0.6) is 5.75 Å². The molecular weight excluding hydrogens is 264 g/mol. The molecule has 0 aliphatic carbocycles. The van der Waals surface area contributed by atoms with E-state index in [1.165, 1.54) is 18.4 Å². The molecule has 1 aromatic carbocycles. The molecule has 1 aromatic rings. The Bertz CT molecular complexity index is 435. The highest BCUT2D eigenvalue weighted by Crippen LogP contribution is 2.35. The molecule has 2 unspecified atom stereocenters.